The molecule has 1 aromatic carbocycles. The molecular formula is C15H27N3O. The summed E-state index contributed by atoms with van der Waals surface area (Å²) in [7, 11) is 8.06. The second-order valence-corrected chi connectivity index (χ2v) is 5.24. The summed E-state index contributed by atoms with van der Waals surface area (Å²) in [5.41, 5.74) is 8.00. The largest absolute Gasteiger partial charge is 0.496 e. The summed E-state index contributed by atoms with van der Waals surface area (Å²) in [6, 6.07) is 6.28. The van der Waals surface area contributed by atoms with E-state index in [0.29, 0.717) is 6.54 Å². The molecule has 4 nitrogen and oxygen atoms in total. The number of hydrogen-bond donors (Lipinski definition) is 1. The maximum Gasteiger partial charge on any atom is 0.123 e. The number of methoxy groups -OCH3 is 1. The fraction of sp³-hybridized carbons (Fsp3) is 0.600. The normalized spacial score (nSPS) is 11.3. The van der Waals surface area contributed by atoms with Crippen molar-refractivity contribution in [1.82, 2.24) is 9.80 Å². The highest BCUT2D eigenvalue weighted by atomic mass is 16.5. The number of hydrogen-bond acceptors (Lipinski definition) is 4. The monoisotopic (exact) mass is 265 g/mol. The van der Waals surface area contributed by atoms with Gasteiger partial charge < -0.3 is 20.3 Å². The van der Waals surface area contributed by atoms with Crippen LogP contribution in [0.5, 0.6) is 5.75 Å². The molecule has 0 aliphatic carbocycles. The van der Waals surface area contributed by atoms with Gasteiger partial charge in [-0.05, 0) is 52.3 Å². The highest BCUT2D eigenvalue weighted by Gasteiger charge is 2.05. The summed E-state index contributed by atoms with van der Waals surface area (Å²) in [6.07, 6.45) is 1.18. The molecule has 0 bridgehead atoms. The predicted octanol–water partition coefficient (Wildman–Crippen LogP) is 1.54. The molecule has 0 saturated heterocycles. The minimum absolute atomic E-state index is 0.516. The van der Waals surface area contributed by atoms with Crippen LogP contribution in [0.15, 0.2) is 18.2 Å². The fourth-order valence-electron chi connectivity index (χ4n) is 2.10. The summed E-state index contributed by atoms with van der Waals surface area (Å²) in [4.78, 5) is 4.55. The van der Waals surface area contributed by atoms with E-state index < -0.39 is 0 Å². The SMILES string of the molecule is COc1cc(CN(C)CCCN(C)C)ccc1CN. The number of nitrogens with two attached hydrogens (primary N) is 1. The van der Waals surface area contributed by atoms with Crippen molar-refractivity contribution in [1.29, 1.82) is 0 Å². The standard InChI is InChI=1S/C15H27N3O/c1-17(2)8-5-9-18(3)12-13-6-7-14(11-16)15(10-13)19-4/h6-7,10H,5,8-9,11-12,16H2,1-4H3. The van der Waals surface area contributed by atoms with Gasteiger partial charge in [0.1, 0.15) is 5.75 Å². The molecule has 1 rings (SSSR count). The Morgan fingerprint density at radius 1 is 1.16 bits per heavy atom. The lowest BCUT2D eigenvalue weighted by atomic mass is 10.1. The maximum atomic E-state index is 5.68. The first-order chi connectivity index (χ1) is 9.06. The molecule has 0 aliphatic rings. The van der Waals surface area contributed by atoms with Crippen molar-refractivity contribution < 1.29 is 4.74 Å². The van der Waals surface area contributed by atoms with Crippen LogP contribution < -0.4 is 10.5 Å². The molecule has 1 aromatic rings. The van der Waals surface area contributed by atoms with Gasteiger partial charge in [0, 0.05) is 18.7 Å². The lowest BCUT2D eigenvalue weighted by Gasteiger charge is -2.19. The molecule has 0 radical (unpaired) electrons. The average Bonchev–Trinajstić information content (AvgIpc) is 2.38. The van der Waals surface area contributed by atoms with Gasteiger partial charge in [-0.15, -0.1) is 0 Å². The highest BCUT2D eigenvalue weighted by molar-refractivity contribution is 5.37. The molecule has 0 saturated carbocycles. The van der Waals surface area contributed by atoms with Crippen molar-refractivity contribution in [3.63, 3.8) is 0 Å². The summed E-state index contributed by atoms with van der Waals surface area (Å²) in [6.45, 7) is 3.68. The maximum absolute atomic E-state index is 5.68. The van der Waals surface area contributed by atoms with E-state index in [1.54, 1.807) is 7.11 Å². The van der Waals surface area contributed by atoms with E-state index in [2.05, 4.69) is 49.1 Å². The average molecular weight is 265 g/mol. The minimum Gasteiger partial charge on any atom is -0.496 e. The molecule has 19 heavy (non-hydrogen) atoms. The summed E-state index contributed by atoms with van der Waals surface area (Å²) < 4.78 is 5.37. The second kappa shape index (κ2) is 8.15. The van der Waals surface area contributed by atoms with Crippen LogP contribution in [0.3, 0.4) is 0 Å². The molecule has 108 valence electrons. The molecule has 0 spiro atoms. The van der Waals surface area contributed by atoms with Crippen molar-refractivity contribution in [3.05, 3.63) is 29.3 Å². The van der Waals surface area contributed by atoms with Gasteiger partial charge in [0.05, 0.1) is 7.11 Å². The number of ether oxygens (including phenoxy) is 1. The Kier molecular flexibility index (Phi) is 6.84. The lowest BCUT2D eigenvalue weighted by molar-refractivity contribution is 0.294. The highest BCUT2D eigenvalue weighted by Crippen LogP contribution is 2.20. The van der Waals surface area contributed by atoms with Gasteiger partial charge in [0.25, 0.3) is 0 Å². The molecule has 2 N–H and O–H groups in total. The van der Waals surface area contributed by atoms with Gasteiger partial charge in [-0.2, -0.15) is 0 Å². The van der Waals surface area contributed by atoms with Crippen LogP contribution in [0.25, 0.3) is 0 Å². The zero-order valence-electron chi connectivity index (χ0n) is 12.6. The number of rotatable bonds is 8. The quantitative estimate of drug-likeness (QED) is 0.774. The van der Waals surface area contributed by atoms with Crippen LogP contribution in [0, 0.1) is 0 Å². The molecule has 0 fully saturated rings. The van der Waals surface area contributed by atoms with E-state index in [1.165, 1.54) is 12.0 Å². The van der Waals surface area contributed by atoms with E-state index in [0.717, 1.165) is 30.9 Å². The Labute approximate surface area is 117 Å². The molecule has 0 heterocycles. The third-order valence-electron chi connectivity index (χ3n) is 3.17. The molecule has 0 atom stereocenters. The Hall–Kier alpha value is -1.10. The molecule has 0 amide bonds. The summed E-state index contributed by atoms with van der Waals surface area (Å²) in [5.74, 6) is 0.890. The van der Waals surface area contributed by atoms with Gasteiger partial charge in [-0.1, -0.05) is 12.1 Å². The number of nitrogens with zero attached hydrogens (tertiary/aromatic N) is 2. The minimum atomic E-state index is 0.516. The van der Waals surface area contributed by atoms with Gasteiger partial charge in [-0.3, -0.25) is 0 Å². The first-order valence-electron chi connectivity index (χ1n) is 6.76. The molecule has 0 unspecified atom stereocenters. The lowest BCUT2D eigenvalue weighted by Crippen LogP contribution is -2.23. The molecule has 0 aliphatic heterocycles. The Morgan fingerprint density at radius 2 is 1.89 bits per heavy atom. The Morgan fingerprint density at radius 3 is 2.47 bits per heavy atom. The van der Waals surface area contributed by atoms with Gasteiger partial charge in [-0.25, -0.2) is 0 Å². The van der Waals surface area contributed by atoms with E-state index in [-0.39, 0.29) is 0 Å². The van der Waals surface area contributed by atoms with Crippen molar-refractivity contribution in [2.75, 3.05) is 41.3 Å². The molecule has 4 heteroatoms. The third kappa shape index (κ3) is 5.59. The summed E-state index contributed by atoms with van der Waals surface area (Å²) in [5, 5.41) is 0. The van der Waals surface area contributed by atoms with Crippen molar-refractivity contribution in [2.24, 2.45) is 5.73 Å². The van der Waals surface area contributed by atoms with Gasteiger partial charge in [0.15, 0.2) is 0 Å². The van der Waals surface area contributed by atoms with E-state index in [1.807, 2.05) is 0 Å². The third-order valence-corrected chi connectivity index (χ3v) is 3.17. The first kappa shape index (κ1) is 16.0. The number of benzene rings is 1. The van der Waals surface area contributed by atoms with Gasteiger partial charge in [0.2, 0.25) is 0 Å². The molecular weight excluding hydrogens is 238 g/mol. The van der Waals surface area contributed by atoms with Crippen LogP contribution in [-0.4, -0.2) is 51.1 Å². The van der Waals surface area contributed by atoms with Crippen LogP contribution in [0.2, 0.25) is 0 Å². The Balaban J connectivity index is 2.52. The zero-order valence-corrected chi connectivity index (χ0v) is 12.6. The molecule has 0 aromatic heterocycles. The first-order valence-corrected chi connectivity index (χ1v) is 6.76. The topological polar surface area (TPSA) is 41.7 Å². The summed E-state index contributed by atoms with van der Waals surface area (Å²) >= 11 is 0. The fourth-order valence-corrected chi connectivity index (χ4v) is 2.10. The van der Waals surface area contributed by atoms with E-state index >= 15 is 0 Å². The predicted molar refractivity (Wildman–Crippen MR) is 80.4 cm³/mol. The second-order valence-electron chi connectivity index (χ2n) is 5.24. The van der Waals surface area contributed by atoms with E-state index in [4.69, 9.17) is 10.5 Å². The smallest absolute Gasteiger partial charge is 0.123 e. The van der Waals surface area contributed by atoms with Crippen LogP contribution in [-0.2, 0) is 13.1 Å². The van der Waals surface area contributed by atoms with E-state index in [9.17, 15) is 0 Å². The van der Waals surface area contributed by atoms with Gasteiger partial charge >= 0.3 is 0 Å². The van der Waals surface area contributed by atoms with Crippen molar-refractivity contribution >= 4 is 0 Å². The van der Waals surface area contributed by atoms with Crippen molar-refractivity contribution in [3.8, 4) is 5.75 Å². The Bertz CT molecular complexity index is 380. The van der Waals surface area contributed by atoms with Crippen LogP contribution >= 0.6 is 0 Å². The van der Waals surface area contributed by atoms with Crippen molar-refractivity contribution in [2.45, 2.75) is 19.5 Å². The van der Waals surface area contributed by atoms with Crippen LogP contribution in [0.1, 0.15) is 17.5 Å². The zero-order chi connectivity index (χ0) is 14.3. The van der Waals surface area contributed by atoms with Crippen LogP contribution in [0.4, 0.5) is 0 Å².